The number of esters is 1. The van der Waals surface area contributed by atoms with Gasteiger partial charge in [0.05, 0.1) is 12.1 Å². The zero-order chi connectivity index (χ0) is 8.27. The van der Waals surface area contributed by atoms with E-state index in [1.54, 1.807) is 12.1 Å². The molecule has 0 unspecified atom stereocenters. The van der Waals surface area contributed by atoms with Crippen molar-refractivity contribution in [1.82, 2.24) is 4.98 Å². The van der Waals surface area contributed by atoms with E-state index in [1.807, 2.05) is 0 Å². The van der Waals surface area contributed by atoms with Crippen molar-refractivity contribution in [3.05, 3.63) is 29.0 Å². The molecule has 0 radical (unpaired) electrons. The molecule has 0 atom stereocenters. The molecule has 0 aliphatic carbocycles. The van der Waals surface area contributed by atoms with Crippen molar-refractivity contribution in [3.8, 4) is 0 Å². The molecule has 3 nitrogen and oxygen atoms in total. The molecule has 1 aromatic heterocycles. The number of ether oxygens (including phenoxy) is 1. The van der Waals surface area contributed by atoms with Gasteiger partial charge in [0.25, 0.3) is 0 Å². The van der Waals surface area contributed by atoms with E-state index in [4.69, 9.17) is 11.6 Å². The molecule has 0 aromatic carbocycles. The number of hydrogen-bond acceptors (Lipinski definition) is 3. The van der Waals surface area contributed by atoms with Crippen molar-refractivity contribution in [2.24, 2.45) is 0 Å². The van der Waals surface area contributed by atoms with Crippen LogP contribution in [0.1, 0.15) is 11.9 Å². The van der Waals surface area contributed by atoms with Gasteiger partial charge in [-0.1, -0.05) is 11.6 Å². The quantitative estimate of drug-likeness (QED) is 0.395. The van der Waals surface area contributed by atoms with E-state index >= 15 is 0 Å². The second-order valence-electron chi connectivity index (χ2n) is 1.83. The van der Waals surface area contributed by atoms with Gasteiger partial charge in [0.15, 0.2) is 5.69 Å². The minimum Gasteiger partial charge on any atom is -1.00 e. The van der Waals surface area contributed by atoms with Gasteiger partial charge < -0.3 is 6.16 Å². The monoisotopic (exact) mass is 179 g/mol. The van der Waals surface area contributed by atoms with E-state index in [2.05, 4.69) is 9.72 Å². The summed E-state index contributed by atoms with van der Waals surface area (Å²) >= 11 is 5.63. The predicted octanol–water partition coefficient (Wildman–Crippen LogP) is -1.36. The Morgan fingerprint density at radius 1 is 1.75 bits per heavy atom. The summed E-state index contributed by atoms with van der Waals surface area (Å²) in [6, 6.07) is 3.23. The van der Waals surface area contributed by atoms with E-state index < -0.39 is 5.97 Å². The molecule has 1 heterocycles. The summed E-state index contributed by atoms with van der Waals surface area (Å²) in [5, 5.41) is 0.305. The summed E-state index contributed by atoms with van der Waals surface area (Å²) < 4.78 is 4.43. The molecule has 0 spiro atoms. The molecule has 60 valence electrons. The van der Waals surface area contributed by atoms with Crippen molar-refractivity contribution in [3.63, 3.8) is 0 Å². The smallest absolute Gasteiger partial charge is 1.00 e. The van der Waals surface area contributed by atoms with Crippen LogP contribution in [0.15, 0.2) is 18.3 Å². The van der Waals surface area contributed by atoms with Crippen LogP contribution >= 0.6 is 11.6 Å². The van der Waals surface area contributed by atoms with Crippen LogP contribution < -0.4 is 18.9 Å². The van der Waals surface area contributed by atoms with Crippen molar-refractivity contribution in [1.29, 1.82) is 0 Å². The molecule has 1 aromatic rings. The first-order chi connectivity index (χ1) is 5.25. The summed E-state index contributed by atoms with van der Waals surface area (Å²) in [5.41, 5.74) is 0.150. The molecule has 5 heteroatoms. The fourth-order valence-electron chi connectivity index (χ4n) is 0.633. The van der Waals surface area contributed by atoms with Crippen molar-refractivity contribution in [2.75, 3.05) is 7.11 Å². The van der Waals surface area contributed by atoms with Crippen LogP contribution in [0.3, 0.4) is 0 Å². The van der Waals surface area contributed by atoms with E-state index in [9.17, 15) is 4.79 Å². The molecule has 0 fully saturated rings. The molecule has 0 aliphatic rings. The number of rotatable bonds is 1. The largest absolute Gasteiger partial charge is 1.00 e. The van der Waals surface area contributed by atoms with E-state index in [0.29, 0.717) is 5.02 Å². The molecular weight excluding hydrogens is 172 g/mol. The third-order valence-corrected chi connectivity index (χ3v) is 1.44. The first kappa shape index (κ1) is 11.5. The van der Waals surface area contributed by atoms with Crippen molar-refractivity contribution in [2.45, 2.75) is 0 Å². The molecule has 0 saturated heterocycles. The molecule has 0 aliphatic heterocycles. The minimum atomic E-state index is -0.518. The van der Waals surface area contributed by atoms with Crippen LogP contribution in [0.2, 0.25) is 5.02 Å². The van der Waals surface area contributed by atoms with Gasteiger partial charge in [-0.15, -0.1) is 0 Å². The number of carbonyl (C=O) groups is 1. The average molecular weight is 180 g/mol. The Labute approximate surface area is 88.7 Å². The van der Waals surface area contributed by atoms with Crippen LogP contribution in [0.5, 0.6) is 0 Å². The maximum atomic E-state index is 10.9. The number of carbonyl (C=O) groups excluding carboxylic acids is 1. The molecular formula is C7H7ClLiNO2. The summed E-state index contributed by atoms with van der Waals surface area (Å²) in [6.45, 7) is 0. The van der Waals surface area contributed by atoms with Gasteiger partial charge in [0, 0.05) is 6.20 Å². The van der Waals surface area contributed by atoms with Gasteiger partial charge in [0.1, 0.15) is 0 Å². The maximum Gasteiger partial charge on any atom is 1.00 e. The zero-order valence-corrected chi connectivity index (χ0v) is 7.63. The Bertz CT molecular complexity index is 285. The number of pyridine rings is 1. The van der Waals surface area contributed by atoms with Gasteiger partial charge in [-0.2, -0.15) is 0 Å². The summed E-state index contributed by atoms with van der Waals surface area (Å²) in [6.07, 6.45) is 1.48. The SMILES string of the molecule is COC(=O)c1ncccc1Cl.[H-].[Li+]. The van der Waals surface area contributed by atoms with Crippen LogP contribution in [0.4, 0.5) is 0 Å². The number of halogens is 1. The molecule has 0 N–H and O–H groups in total. The van der Waals surface area contributed by atoms with Crippen LogP contribution in [0.25, 0.3) is 0 Å². The Balaban J connectivity index is 0. The third kappa shape index (κ3) is 2.53. The van der Waals surface area contributed by atoms with Crippen LogP contribution in [-0.4, -0.2) is 18.1 Å². The van der Waals surface area contributed by atoms with Crippen LogP contribution in [-0.2, 0) is 4.74 Å². The Hall–Kier alpha value is -0.493. The zero-order valence-electron chi connectivity index (χ0n) is 7.87. The van der Waals surface area contributed by atoms with E-state index in [1.165, 1.54) is 13.3 Å². The van der Waals surface area contributed by atoms with Crippen LogP contribution in [0, 0.1) is 0 Å². The average Bonchev–Trinajstić information content (AvgIpc) is 2.04. The molecule has 1 rings (SSSR count). The fraction of sp³-hybridized carbons (Fsp3) is 0.143. The number of aromatic nitrogens is 1. The topological polar surface area (TPSA) is 39.2 Å². The molecule has 0 bridgehead atoms. The first-order valence-corrected chi connectivity index (χ1v) is 3.32. The maximum absolute atomic E-state index is 10.9. The second-order valence-corrected chi connectivity index (χ2v) is 2.23. The number of nitrogens with zero attached hydrogens (tertiary/aromatic N) is 1. The molecule has 12 heavy (non-hydrogen) atoms. The van der Waals surface area contributed by atoms with E-state index in [-0.39, 0.29) is 26.0 Å². The fourth-order valence-corrected chi connectivity index (χ4v) is 0.831. The normalized spacial score (nSPS) is 8.50. The second kappa shape index (κ2) is 5.21. The number of methoxy groups -OCH3 is 1. The van der Waals surface area contributed by atoms with Gasteiger partial charge in [0.2, 0.25) is 0 Å². The van der Waals surface area contributed by atoms with Crippen molar-refractivity contribution < 1.29 is 29.8 Å². The van der Waals surface area contributed by atoms with Crippen molar-refractivity contribution >= 4 is 17.6 Å². The third-order valence-electron chi connectivity index (χ3n) is 1.14. The summed E-state index contributed by atoms with van der Waals surface area (Å²) in [7, 11) is 1.29. The summed E-state index contributed by atoms with van der Waals surface area (Å²) in [4.78, 5) is 14.6. The summed E-state index contributed by atoms with van der Waals surface area (Å²) in [5.74, 6) is -0.518. The Kier molecular flexibility index (Phi) is 4.99. The predicted molar refractivity (Wildman–Crippen MR) is 41.7 cm³/mol. The minimum absolute atomic E-state index is 0. The molecule has 0 saturated carbocycles. The van der Waals surface area contributed by atoms with Gasteiger partial charge in [-0.3, -0.25) is 0 Å². The van der Waals surface area contributed by atoms with Gasteiger partial charge in [-0.05, 0) is 12.1 Å². The molecule has 0 amide bonds. The van der Waals surface area contributed by atoms with Gasteiger partial charge >= 0.3 is 24.8 Å². The van der Waals surface area contributed by atoms with Gasteiger partial charge in [-0.25, -0.2) is 9.78 Å². The van der Waals surface area contributed by atoms with E-state index in [0.717, 1.165) is 0 Å². The number of hydrogen-bond donors (Lipinski definition) is 0. The Morgan fingerprint density at radius 3 is 2.92 bits per heavy atom. The first-order valence-electron chi connectivity index (χ1n) is 2.94. The Morgan fingerprint density at radius 2 is 2.42 bits per heavy atom. The standard InChI is InChI=1S/C7H6ClNO2.Li.H/c1-11-7(10)6-5(8)3-2-4-9-6;;/h2-4H,1H3;;/q;+1;-1.